The number of rotatable bonds is 4. The number of aliphatic hydroxyl groups excluding tert-OH is 1. The molecule has 5 nitrogen and oxygen atoms in total. The minimum Gasteiger partial charge on any atom is -0.497 e. The number of aromatic nitrogens is 1. The number of ether oxygens (including phenoxy) is 1. The summed E-state index contributed by atoms with van der Waals surface area (Å²) in [6, 6.07) is 7.84. The first-order chi connectivity index (χ1) is 10.6. The van der Waals surface area contributed by atoms with E-state index in [2.05, 4.69) is 0 Å². The van der Waals surface area contributed by atoms with E-state index in [9.17, 15) is 9.90 Å². The number of carbonyl (C=O) groups is 1. The molecule has 2 atom stereocenters. The van der Waals surface area contributed by atoms with Crippen LogP contribution in [0.15, 0.2) is 30.5 Å². The standard InChI is InChI=1S/C17H22N2O3/c1-12(20)14-6-8-19(10-14)17(21)11-18-7-5-13-9-15(22-2)3-4-16(13)18/h3-5,7,9,12,14,20H,6,8,10-11H2,1-2H3. The quantitative estimate of drug-likeness (QED) is 0.938. The predicted molar refractivity (Wildman–Crippen MR) is 84.9 cm³/mol. The molecule has 0 saturated carbocycles. The number of amides is 1. The lowest BCUT2D eigenvalue weighted by Gasteiger charge is -2.18. The van der Waals surface area contributed by atoms with E-state index >= 15 is 0 Å². The molecule has 2 unspecified atom stereocenters. The van der Waals surface area contributed by atoms with E-state index in [1.165, 1.54) is 0 Å². The van der Waals surface area contributed by atoms with E-state index in [0.29, 0.717) is 13.1 Å². The molecule has 1 N–H and O–H groups in total. The van der Waals surface area contributed by atoms with Gasteiger partial charge in [0.1, 0.15) is 12.3 Å². The van der Waals surface area contributed by atoms with Crippen LogP contribution in [0, 0.1) is 5.92 Å². The molecule has 1 aromatic heterocycles. The summed E-state index contributed by atoms with van der Waals surface area (Å²) in [5, 5.41) is 10.7. The molecule has 118 valence electrons. The summed E-state index contributed by atoms with van der Waals surface area (Å²) in [6.07, 6.45) is 2.47. The highest BCUT2D eigenvalue weighted by Crippen LogP contribution is 2.23. The number of carbonyl (C=O) groups excluding carboxylic acids is 1. The largest absolute Gasteiger partial charge is 0.497 e. The number of methoxy groups -OCH3 is 1. The highest BCUT2D eigenvalue weighted by molar-refractivity contribution is 5.84. The monoisotopic (exact) mass is 302 g/mol. The van der Waals surface area contributed by atoms with Gasteiger partial charge in [-0.15, -0.1) is 0 Å². The van der Waals surface area contributed by atoms with Crippen LogP contribution in [0.25, 0.3) is 10.9 Å². The van der Waals surface area contributed by atoms with E-state index in [0.717, 1.165) is 29.6 Å². The van der Waals surface area contributed by atoms with Crippen molar-refractivity contribution in [1.82, 2.24) is 9.47 Å². The van der Waals surface area contributed by atoms with Crippen LogP contribution < -0.4 is 4.74 Å². The lowest BCUT2D eigenvalue weighted by atomic mass is 10.0. The van der Waals surface area contributed by atoms with Crippen molar-refractivity contribution in [1.29, 1.82) is 0 Å². The molecule has 5 heteroatoms. The molecule has 0 bridgehead atoms. The van der Waals surface area contributed by atoms with E-state index < -0.39 is 0 Å². The zero-order valence-electron chi connectivity index (χ0n) is 13.0. The molecule has 1 aliphatic heterocycles. The molecule has 3 rings (SSSR count). The first kappa shape index (κ1) is 14.9. The SMILES string of the molecule is COc1ccc2c(ccn2CC(=O)N2CCC(C(C)O)C2)c1. The summed E-state index contributed by atoms with van der Waals surface area (Å²) in [5.74, 6) is 1.13. The Bertz CT molecular complexity index is 678. The van der Waals surface area contributed by atoms with Gasteiger partial charge in [-0.05, 0) is 37.6 Å². The Morgan fingerprint density at radius 1 is 1.45 bits per heavy atom. The molecule has 2 aromatic rings. The maximum absolute atomic E-state index is 12.4. The van der Waals surface area contributed by atoms with Gasteiger partial charge in [0.25, 0.3) is 0 Å². The van der Waals surface area contributed by atoms with Gasteiger partial charge in [0, 0.05) is 36.1 Å². The number of hydrogen-bond acceptors (Lipinski definition) is 3. The Hall–Kier alpha value is -2.01. The number of aliphatic hydroxyl groups is 1. The molecular weight excluding hydrogens is 280 g/mol. The Balaban J connectivity index is 1.72. The molecule has 22 heavy (non-hydrogen) atoms. The maximum atomic E-state index is 12.4. The van der Waals surface area contributed by atoms with Crippen molar-refractivity contribution in [2.24, 2.45) is 5.92 Å². The Morgan fingerprint density at radius 3 is 2.95 bits per heavy atom. The Labute approximate surface area is 130 Å². The van der Waals surface area contributed by atoms with Gasteiger partial charge in [-0.2, -0.15) is 0 Å². The molecule has 2 heterocycles. The average molecular weight is 302 g/mol. The van der Waals surface area contributed by atoms with Gasteiger partial charge in [0.2, 0.25) is 5.91 Å². The number of likely N-dealkylation sites (tertiary alicyclic amines) is 1. The van der Waals surface area contributed by atoms with E-state index in [-0.39, 0.29) is 17.9 Å². The fourth-order valence-corrected chi connectivity index (χ4v) is 3.10. The number of hydrogen-bond donors (Lipinski definition) is 1. The van der Waals surface area contributed by atoms with Gasteiger partial charge in [-0.3, -0.25) is 4.79 Å². The second-order valence-corrected chi connectivity index (χ2v) is 6.00. The molecule has 1 fully saturated rings. The molecule has 1 saturated heterocycles. The van der Waals surface area contributed by atoms with Crippen molar-refractivity contribution < 1.29 is 14.6 Å². The topological polar surface area (TPSA) is 54.7 Å². The fraction of sp³-hybridized carbons (Fsp3) is 0.471. The second kappa shape index (κ2) is 6.01. The van der Waals surface area contributed by atoms with Crippen LogP contribution in [0.4, 0.5) is 0 Å². The van der Waals surface area contributed by atoms with Crippen LogP contribution in [-0.4, -0.2) is 46.8 Å². The van der Waals surface area contributed by atoms with Crippen LogP contribution in [0.2, 0.25) is 0 Å². The summed E-state index contributed by atoms with van der Waals surface area (Å²) >= 11 is 0. The van der Waals surface area contributed by atoms with Gasteiger partial charge in [0.15, 0.2) is 0 Å². The Kier molecular flexibility index (Phi) is 4.07. The second-order valence-electron chi connectivity index (χ2n) is 6.00. The van der Waals surface area contributed by atoms with Crippen LogP contribution >= 0.6 is 0 Å². The molecule has 1 aromatic carbocycles. The van der Waals surface area contributed by atoms with Crippen LogP contribution in [0.5, 0.6) is 5.75 Å². The van der Waals surface area contributed by atoms with Crippen molar-refractivity contribution in [3.63, 3.8) is 0 Å². The fourth-order valence-electron chi connectivity index (χ4n) is 3.10. The van der Waals surface area contributed by atoms with Crippen molar-refractivity contribution in [3.05, 3.63) is 30.5 Å². The van der Waals surface area contributed by atoms with Crippen LogP contribution in [0.3, 0.4) is 0 Å². The van der Waals surface area contributed by atoms with Gasteiger partial charge in [0.05, 0.1) is 13.2 Å². The zero-order valence-corrected chi connectivity index (χ0v) is 13.0. The first-order valence-corrected chi connectivity index (χ1v) is 7.67. The smallest absolute Gasteiger partial charge is 0.242 e. The van der Waals surface area contributed by atoms with Gasteiger partial charge >= 0.3 is 0 Å². The third-order valence-corrected chi connectivity index (χ3v) is 4.54. The number of fused-ring (bicyclic) bond motifs is 1. The third kappa shape index (κ3) is 2.81. The molecule has 0 spiro atoms. The van der Waals surface area contributed by atoms with Crippen molar-refractivity contribution in [3.8, 4) is 5.75 Å². The molecule has 1 aliphatic rings. The summed E-state index contributed by atoms with van der Waals surface area (Å²) in [5.41, 5.74) is 1.03. The van der Waals surface area contributed by atoms with E-state index in [1.54, 1.807) is 14.0 Å². The Morgan fingerprint density at radius 2 is 2.27 bits per heavy atom. The van der Waals surface area contributed by atoms with Crippen LogP contribution in [-0.2, 0) is 11.3 Å². The van der Waals surface area contributed by atoms with Crippen molar-refractivity contribution in [2.45, 2.75) is 26.0 Å². The first-order valence-electron chi connectivity index (χ1n) is 7.67. The highest BCUT2D eigenvalue weighted by Gasteiger charge is 2.29. The molecular formula is C17H22N2O3. The summed E-state index contributed by atoms with van der Waals surface area (Å²) in [7, 11) is 1.65. The predicted octanol–water partition coefficient (Wildman–Crippen LogP) is 1.88. The van der Waals surface area contributed by atoms with Crippen molar-refractivity contribution >= 4 is 16.8 Å². The lowest BCUT2D eigenvalue weighted by Crippen LogP contribution is -2.32. The minimum atomic E-state index is -0.349. The summed E-state index contributed by atoms with van der Waals surface area (Å²) in [6.45, 7) is 3.53. The third-order valence-electron chi connectivity index (χ3n) is 4.54. The van der Waals surface area contributed by atoms with Crippen LogP contribution in [0.1, 0.15) is 13.3 Å². The van der Waals surface area contributed by atoms with E-state index in [4.69, 9.17) is 4.74 Å². The van der Waals surface area contributed by atoms with Gasteiger partial charge < -0.3 is 19.3 Å². The summed E-state index contributed by atoms with van der Waals surface area (Å²) in [4.78, 5) is 14.3. The lowest BCUT2D eigenvalue weighted by molar-refractivity contribution is -0.130. The van der Waals surface area contributed by atoms with Gasteiger partial charge in [-0.25, -0.2) is 0 Å². The normalized spacial score (nSPS) is 19.6. The molecule has 1 amide bonds. The molecule has 0 aliphatic carbocycles. The highest BCUT2D eigenvalue weighted by atomic mass is 16.5. The average Bonchev–Trinajstić information content (AvgIpc) is 3.14. The van der Waals surface area contributed by atoms with Crippen molar-refractivity contribution in [2.75, 3.05) is 20.2 Å². The maximum Gasteiger partial charge on any atom is 0.242 e. The number of nitrogens with zero attached hydrogens (tertiary/aromatic N) is 2. The summed E-state index contributed by atoms with van der Waals surface area (Å²) < 4.78 is 7.19. The molecule has 0 radical (unpaired) electrons. The zero-order chi connectivity index (χ0) is 15.7. The minimum absolute atomic E-state index is 0.108. The van der Waals surface area contributed by atoms with Gasteiger partial charge in [-0.1, -0.05) is 0 Å². The number of benzene rings is 1. The van der Waals surface area contributed by atoms with E-state index in [1.807, 2.05) is 39.9 Å².